The first-order valence-electron chi connectivity index (χ1n) is 7.22. The van der Waals surface area contributed by atoms with Crippen molar-refractivity contribution in [3.8, 4) is 0 Å². The summed E-state index contributed by atoms with van der Waals surface area (Å²) in [5.41, 5.74) is 0.939. The number of rotatable bonds is 1. The van der Waals surface area contributed by atoms with E-state index in [0.717, 1.165) is 55.4 Å². The van der Waals surface area contributed by atoms with Crippen LogP contribution in [0.5, 0.6) is 0 Å². The van der Waals surface area contributed by atoms with E-state index in [0.29, 0.717) is 0 Å². The summed E-state index contributed by atoms with van der Waals surface area (Å²) >= 11 is 1.79. The standard InChI is InChI=1S/C15H20N4OS.HI/c1-18-9-12-21-15(18)17-14(19-7-10-20-11-8-19)16-13-5-3-2-4-6-13;/h2-6H,7-12H2,1H3;1H/b16-14-,17-15+;. The Morgan fingerprint density at radius 1 is 1.14 bits per heavy atom. The van der Waals surface area contributed by atoms with Crippen molar-refractivity contribution >= 4 is 52.6 Å². The molecule has 0 N–H and O–H groups in total. The lowest BCUT2D eigenvalue weighted by molar-refractivity contribution is 0.0676. The normalized spacial score (nSPS) is 21.1. The number of hydrogen-bond donors (Lipinski definition) is 0. The third kappa shape index (κ3) is 4.60. The molecule has 120 valence electrons. The number of morpholine rings is 1. The average molecular weight is 432 g/mol. The summed E-state index contributed by atoms with van der Waals surface area (Å²) in [5.74, 6) is 1.89. The Morgan fingerprint density at radius 3 is 2.50 bits per heavy atom. The summed E-state index contributed by atoms with van der Waals surface area (Å²) in [6.45, 7) is 4.21. The average Bonchev–Trinajstić information content (AvgIpc) is 2.94. The van der Waals surface area contributed by atoms with Gasteiger partial charge in [-0.3, -0.25) is 0 Å². The van der Waals surface area contributed by atoms with Crippen molar-refractivity contribution in [3.63, 3.8) is 0 Å². The molecule has 1 aromatic carbocycles. The Morgan fingerprint density at radius 2 is 1.86 bits per heavy atom. The van der Waals surface area contributed by atoms with Crippen LogP contribution in [0.1, 0.15) is 0 Å². The van der Waals surface area contributed by atoms with Gasteiger partial charge in [-0.05, 0) is 12.1 Å². The fourth-order valence-electron chi connectivity index (χ4n) is 2.23. The van der Waals surface area contributed by atoms with Gasteiger partial charge >= 0.3 is 0 Å². The largest absolute Gasteiger partial charge is 0.378 e. The molecule has 0 amide bonds. The molecule has 2 aliphatic heterocycles. The SMILES string of the molecule is CN1CCS/C1=N/C(=N/c1ccccc1)N1CCOCC1.I. The van der Waals surface area contributed by atoms with E-state index in [1.165, 1.54) is 0 Å². The van der Waals surface area contributed by atoms with Crippen molar-refractivity contribution in [2.75, 3.05) is 45.6 Å². The fourth-order valence-corrected chi connectivity index (χ4v) is 3.24. The first kappa shape index (κ1) is 17.6. The van der Waals surface area contributed by atoms with E-state index in [9.17, 15) is 0 Å². The Labute approximate surface area is 152 Å². The summed E-state index contributed by atoms with van der Waals surface area (Å²) in [5, 5.41) is 1.05. The maximum absolute atomic E-state index is 5.43. The van der Waals surface area contributed by atoms with Crippen LogP contribution in [0.25, 0.3) is 0 Å². The number of nitrogens with zero attached hydrogens (tertiary/aromatic N) is 4. The number of halogens is 1. The molecule has 5 nitrogen and oxygen atoms in total. The quantitative estimate of drug-likeness (QED) is 0.389. The van der Waals surface area contributed by atoms with Crippen LogP contribution in [0.2, 0.25) is 0 Å². The van der Waals surface area contributed by atoms with Crippen molar-refractivity contribution in [1.29, 1.82) is 0 Å². The topological polar surface area (TPSA) is 40.4 Å². The van der Waals surface area contributed by atoms with Gasteiger partial charge in [0, 0.05) is 32.4 Å². The van der Waals surface area contributed by atoms with Gasteiger partial charge in [-0.2, -0.15) is 4.99 Å². The van der Waals surface area contributed by atoms with Gasteiger partial charge in [-0.15, -0.1) is 24.0 Å². The second-order valence-corrected chi connectivity index (χ2v) is 6.07. The Kier molecular flexibility index (Phi) is 6.97. The monoisotopic (exact) mass is 432 g/mol. The van der Waals surface area contributed by atoms with Gasteiger partial charge in [0.1, 0.15) is 0 Å². The summed E-state index contributed by atoms with van der Waals surface area (Å²) in [4.78, 5) is 13.9. The number of ether oxygens (including phenoxy) is 1. The van der Waals surface area contributed by atoms with Gasteiger partial charge < -0.3 is 14.5 Å². The lowest BCUT2D eigenvalue weighted by Gasteiger charge is -2.28. The summed E-state index contributed by atoms with van der Waals surface area (Å²) in [6.07, 6.45) is 0. The molecule has 0 unspecified atom stereocenters. The molecule has 0 saturated carbocycles. The molecule has 7 heteroatoms. The van der Waals surface area contributed by atoms with Crippen LogP contribution in [0.4, 0.5) is 5.69 Å². The number of thioether (sulfide) groups is 1. The highest BCUT2D eigenvalue weighted by atomic mass is 127. The smallest absolute Gasteiger partial charge is 0.228 e. The summed E-state index contributed by atoms with van der Waals surface area (Å²) in [7, 11) is 2.08. The van der Waals surface area contributed by atoms with Gasteiger partial charge in [0.25, 0.3) is 0 Å². The molecule has 0 bridgehead atoms. The molecule has 3 rings (SSSR count). The van der Waals surface area contributed by atoms with E-state index in [2.05, 4.69) is 16.8 Å². The molecule has 22 heavy (non-hydrogen) atoms. The zero-order chi connectivity index (χ0) is 14.5. The second-order valence-electron chi connectivity index (χ2n) is 5.01. The highest BCUT2D eigenvalue weighted by molar-refractivity contribution is 14.0. The van der Waals surface area contributed by atoms with Crippen LogP contribution in [-0.2, 0) is 4.74 Å². The molecule has 0 atom stereocenters. The second kappa shape index (κ2) is 8.73. The third-order valence-corrected chi connectivity index (χ3v) is 4.51. The lowest BCUT2D eigenvalue weighted by atomic mass is 10.3. The summed E-state index contributed by atoms with van der Waals surface area (Å²) in [6, 6.07) is 10.0. The number of hydrogen-bond acceptors (Lipinski definition) is 3. The highest BCUT2D eigenvalue weighted by Crippen LogP contribution is 2.18. The Balaban J connectivity index is 0.00000176. The van der Waals surface area contributed by atoms with Gasteiger partial charge in [0.2, 0.25) is 5.96 Å². The van der Waals surface area contributed by atoms with Crippen molar-refractivity contribution in [2.24, 2.45) is 9.98 Å². The molecule has 0 aromatic heterocycles. The van der Waals surface area contributed by atoms with Crippen LogP contribution in [-0.4, -0.2) is 66.6 Å². The highest BCUT2D eigenvalue weighted by Gasteiger charge is 2.20. The van der Waals surface area contributed by atoms with Crippen LogP contribution in [0, 0.1) is 0 Å². The minimum Gasteiger partial charge on any atom is -0.378 e. The lowest BCUT2D eigenvalue weighted by Crippen LogP contribution is -2.40. The third-order valence-electron chi connectivity index (χ3n) is 3.46. The first-order chi connectivity index (χ1) is 10.3. The van der Waals surface area contributed by atoms with Crippen LogP contribution < -0.4 is 0 Å². The Hall–Kier alpha value is -0.800. The number of guanidine groups is 1. The van der Waals surface area contributed by atoms with E-state index >= 15 is 0 Å². The molecule has 2 saturated heterocycles. The van der Waals surface area contributed by atoms with E-state index in [4.69, 9.17) is 14.7 Å². The van der Waals surface area contributed by atoms with Gasteiger partial charge in [0.15, 0.2) is 5.17 Å². The van der Waals surface area contributed by atoms with Crippen LogP contribution in [0.15, 0.2) is 40.3 Å². The molecule has 2 aliphatic rings. The molecule has 0 radical (unpaired) electrons. The zero-order valence-electron chi connectivity index (χ0n) is 12.6. The molecular weight excluding hydrogens is 411 g/mol. The minimum absolute atomic E-state index is 0. The van der Waals surface area contributed by atoms with E-state index < -0.39 is 0 Å². The first-order valence-corrected chi connectivity index (χ1v) is 8.20. The van der Waals surface area contributed by atoms with Gasteiger partial charge in [-0.25, -0.2) is 4.99 Å². The molecule has 1 aromatic rings. The number of benzene rings is 1. The predicted octanol–water partition coefficient (Wildman–Crippen LogP) is 2.66. The van der Waals surface area contributed by atoms with E-state index in [1.54, 1.807) is 11.8 Å². The van der Waals surface area contributed by atoms with Gasteiger partial charge in [0.05, 0.1) is 18.9 Å². The number of para-hydroxylation sites is 1. The zero-order valence-corrected chi connectivity index (χ0v) is 15.8. The number of amidine groups is 1. The molecule has 2 fully saturated rings. The van der Waals surface area contributed by atoms with Crippen LogP contribution in [0.3, 0.4) is 0 Å². The van der Waals surface area contributed by atoms with Crippen molar-refractivity contribution in [2.45, 2.75) is 0 Å². The maximum atomic E-state index is 5.43. The number of aliphatic imine (C=N–C) groups is 2. The summed E-state index contributed by atoms with van der Waals surface area (Å²) < 4.78 is 5.43. The van der Waals surface area contributed by atoms with E-state index in [-0.39, 0.29) is 24.0 Å². The fraction of sp³-hybridized carbons (Fsp3) is 0.467. The van der Waals surface area contributed by atoms with Crippen LogP contribution >= 0.6 is 35.7 Å². The molecule has 2 heterocycles. The van der Waals surface area contributed by atoms with Crippen molar-refractivity contribution in [3.05, 3.63) is 30.3 Å². The Bertz CT molecular complexity index is 532. The molecule has 0 aliphatic carbocycles. The molecular formula is C15H21IN4OS. The maximum Gasteiger partial charge on any atom is 0.228 e. The van der Waals surface area contributed by atoms with Crippen molar-refractivity contribution in [1.82, 2.24) is 9.80 Å². The van der Waals surface area contributed by atoms with Crippen molar-refractivity contribution < 1.29 is 4.74 Å². The predicted molar refractivity (Wildman–Crippen MR) is 104 cm³/mol. The van der Waals surface area contributed by atoms with E-state index in [1.807, 2.05) is 30.3 Å². The van der Waals surface area contributed by atoms with Gasteiger partial charge in [-0.1, -0.05) is 30.0 Å². The molecule has 0 spiro atoms. The minimum atomic E-state index is 0.